The summed E-state index contributed by atoms with van der Waals surface area (Å²) >= 11 is 0. The molecule has 0 amide bonds. The molecule has 3 saturated carbocycles. The van der Waals surface area contributed by atoms with Crippen molar-refractivity contribution in [3.05, 3.63) is 12.2 Å². The highest BCUT2D eigenvalue weighted by Crippen LogP contribution is 2.64. The zero-order chi connectivity index (χ0) is 18.5. The van der Waals surface area contributed by atoms with Crippen molar-refractivity contribution in [2.75, 3.05) is 0 Å². The Balaban J connectivity index is 1.50. The van der Waals surface area contributed by atoms with Crippen molar-refractivity contribution in [1.29, 1.82) is 0 Å². The largest absolute Gasteiger partial charge is 0.481 e. The first-order chi connectivity index (χ1) is 12.4. The molecule has 26 heavy (non-hydrogen) atoms. The Kier molecular flexibility index (Phi) is 4.65. The van der Waals surface area contributed by atoms with Crippen LogP contribution >= 0.6 is 0 Å². The minimum atomic E-state index is -0.685. The Labute approximate surface area is 156 Å². The molecule has 4 aliphatic carbocycles. The Morgan fingerprint density at radius 2 is 1.73 bits per heavy atom. The van der Waals surface area contributed by atoms with Crippen LogP contribution in [0.4, 0.5) is 0 Å². The lowest BCUT2D eigenvalue weighted by Gasteiger charge is -2.55. The summed E-state index contributed by atoms with van der Waals surface area (Å²) in [5, 5.41) is 18.4. The van der Waals surface area contributed by atoms with E-state index in [-0.39, 0.29) is 17.8 Å². The Morgan fingerprint density at radius 1 is 0.962 bits per heavy atom. The van der Waals surface area contributed by atoms with Gasteiger partial charge in [-0.05, 0) is 91.8 Å². The summed E-state index contributed by atoms with van der Waals surface area (Å²) in [4.78, 5) is 22.3. The topological polar surface area (TPSA) is 74.6 Å². The number of hydrogen-bond donors (Lipinski definition) is 2. The fourth-order valence-corrected chi connectivity index (χ4v) is 7.52. The summed E-state index contributed by atoms with van der Waals surface area (Å²) in [6.45, 7) is 2.38. The van der Waals surface area contributed by atoms with Gasteiger partial charge in [-0.3, -0.25) is 9.59 Å². The average Bonchev–Trinajstić information content (AvgIpc) is 2.90. The smallest absolute Gasteiger partial charge is 0.303 e. The third kappa shape index (κ3) is 2.99. The van der Waals surface area contributed by atoms with Crippen LogP contribution in [0.25, 0.3) is 0 Å². The molecule has 0 bridgehead atoms. The maximum absolute atomic E-state index is 11.3. The quantitative estimate of drug-likeness (QED) is 0.719. The number of allylic oxidation sites excluding steroid dienone is 2. The first kappa shape index (κ1) is 18.1. The number of hydrogen-bond acceptors (Lipinski definition) is 2. The number of carbonyl (C=O) groups is 2. The van der Waals surface area contributed by atoms with Crippen molar-refractivity contribution in [2.45, 2.75) is 64.7 Å². The molecule has 4 nitrogen and oxygen atoms in total. The molecule has 0 aliphatic heterocycles. The van der Waals surface area contributed by atoms with E-state index in [2.05, 4.69) is 19.1 Å². The Morgan fingerprint density at radius 3 is 2.46 bits per heavy atom. The van der Waals surface area contributed by atoms with Crippen LogP contribution in [0.1, 0.15) is 64.7 Å². The van der Waals surface area contributed by atoms with Gasteiger partial charge < -0.3 is 10.2 Å². The van der Waals surface area contributed by atoms with E-state index in [0.717, 1.165) is 24.7 Å². The van der Waals surface area contributed by atoms with Crippen molar-refractivity contribution in [3.8, 4) is 0 Å². The van der Waals surface area contributed by atoms with Gasteiger partial charge in [0.2, 0.25) is 0 Å². The van der Waals surface area contributed by atoms with E-state index < -0.39 is 11.9 Å². The second kappa shape index (κ2) is 6.69. The zero-order valence-electron chi connectivity index (χ0n) is 15.8. The molecular formula is C22H32O4. The van der Waals surface area contributed by atoms with Gasteiger partial charge in [0.15, 0.2) is 0 Å². The second-order valence-corrected chi connectivity index (χ2v) is 9.74. The zero-order valence-corrected chi connectivity index (χ0v) is 15.8. The molecule has 1 unspecified atom stereocenters. The van der Waals surface area contributed by atoms with Gasteiger partial charge in [0.1, 0.15) is 0 Å². The van der Waals surface area contributed by atoms with Crippen molar-refractivity contribution >= 4 is 11.9 Å². The van der Waals surface area contributed by atoms with Crippen molar-refractivity contribution in [1.82, 2.24) is 0 Å². The van der Waals surface area contributed by atoms with E-state index in [1.54, 1.807) is 0 Å². The van der Waals surface area contributed by atoms with E-state index >= 15 is 0 Å². The first-order valence-electron chi connectivity index (χ1n) is 10.5. The maximum atomic E-state index is 11.3. The van der Waals surface area contributed by atoms with Crippen LogP contribution < -0.4 is 0 Å². The van der Waals surface area contributed by atoms with Gasteiger partial charge in [-0.15, -0.1) is 0 Å². The summed E-state index contributed by atoms with van der Waals surface area (Å²) in [5.74, 6) is 2.70. The van der Waals surface area contributed by atoms with Crippen LogP contribution in [0, 0.1) is 46.8 Å². The second-order valence-electron chi connectivity index (χ2n) is 9.74. The van der Waals surface area contributed by atoms with Gasteiger partial charge in [-0.2, -0.15) is 0 Å². The monoisotopic (exact) mass is 360 g/mol. The number of carboxylic acid groups (broad SMARTS) is 2. The Hall–Kier alpha value is -1.32. The summed E-state index contributed by atoms with van der Waals surface area (Å²) in [6.07, 6.45) is 13.4. The van der Waals surface area contributed by atoms with Crippen molar-refractivity contribution in [3.63, 3.8) is 0 Å². The molecule has 0 aromatic rings. The highest BCUT2D eigenvalue weighted by atomic mass is 16.4. The molecule has 3 fully saturated rings. The van der Waals surface area contributed by atoms with Crippen LogP contribution in [0.2, 0.25) is 0 Å². The van der Waals surface area contributed by atoms with E-state index in [4.69, 9.17) is 5.11 Å². The third-order valence-corrected chi connectivity index (χ3v) is 8.67. The van der Waals surface area contributed by atoms with Gasteiger partial charge >= 0.3 is 11.9 Å². The third-order valence-electron chi connectivity index (χ3n) is 8.67. The van der Waals surface area contributed by atoms with E-state index in [0.29, 0.717) is 30.1 Å². The lowest BCUT2D eigenvalue weighted by atomic mass is 9.50. The first-order valence-corrected chi connectivity index (χ1v) is 10.5. The van der Waals surface area contributed by atoms with Crippen LogP contribution in [0.5, 0.6) is 0 Å². The van der Waals surface area contributed by atoms with Crippen LogP contribution in [0.15, 0.2) is 12.2 Å². The standard InChI is InChI=1S/C22H32O4/c1-22-9-8-17-16-5-2-13(11-20(23)24)10-14(16)3-6-18(17)19(22)7-4-15(22)12-21(25)26/h2,5,13-19H,3-4,6-12H2,1H3,(H,23,24)(H,25,26)/t13?,14-,15+,16-,17+,18+,19-,22+/m0/s1. The molecule has 4 rings (SSSR count). The van der Waals surface area contributed by atoms with E-state index in [1.165, 1.54) is 32.1 Å². The van der Waals surface area contributed by atoms with Crippen molar-refractivity contribution < 1.29 is 19.8 Å². The molecule has 4 aliphatic rings. The molecule has 8 atom stereocenters. The SMILES string of the molecule is C[C@]12CC[C@@H]3[C@H]4C=CC(CC(=O)O)C[C@@H]4CC[C@H]3[C@@H]1CC[C@@H]2CC(=O)O. The van der Waals surface area contributed by atoms with Gasteiger partial charge in [0.25, 0.3) is 0 Å². The lowest BCUT2D eigenvalue weighted by Crippen LogP contribution is -2.48. The fourth-order valence-electron chi connectivity index (χ4n) is 7.52. The maximum Gasteiger partial charge on any atom is 0.303 e. The molecule has 2 N–H and O–H groups in total. The van der Waals surface area contributed by atoms with Gasteiger partial charge in [-0.25, -0.2) is 0 Å². The summed E-state index contributed by atoms with van der Waals surface area (Å²) in [5.41, 5.74) is 0.219. The predicted molar refractivity (Wildman–Crippen MR) is 98.5 cm³/mol. The molecule has 0 aromatic heterocycles. The molecule has 4 heteroatoms. The lowest BCUT2D eigenvalue weighted by molar-refractivity contribution is -0.140. The summed E-state index contributed by atoms with van der Waals surface area (Å²) in [7, 11) is 0. The normalized spacial score (nSPS) is 46.9. The molecule has 0 aromatic carbocycles. The number of rotatable bonds is 4. The van der Waals surface area contributed by atoms with Gasteiger partial charge in [-0.1, -0.05) is 19.1 Å². The average molecular weight is 360 g/mol. The number of carboxylic acids is 2. The van der Waals surface area contributed by atoms with E-state index in [9.17, 15) is 14.7 Å². The highest BCUT2D eigenvalue weighted by molar-refractivity contribution is 5.67. The van der Waals surface area contributed by atoms with Crippen molar-refractivity contribution in [2.24, 2.45) is 46.8 Å². The minimum absolute atomic E-state index is 0.214. The number of fused-ring (bicyclic) bond motifs is 5. The minimum Gasteiger partial charge on any atom is -0.481 e. The Bertz CT molecular complexity index is 611. The molecule has 0 radical (unpaired) electrons. The highest BCUT2D eigenvalue weighted by Gasteiger charge is 2.56. The summed E-state index contributed by atoms with van der Waals surface area (Å²) < 4.78 is 0. The van der Waals surface area contributed by atoms with Gasteiger partial charge in [0, 0.05) is 6.42 Å². The van der Waals surface area contributed by atoms with E-state index in [1.807, 2.05) is 0 Å². The summed E-state index contributed by atoms with van der Waals surface area (Å²) in [6, 6.07) is 0. The molecule has 0 saturated heterocycles. The molecule has 0 spiro atoms. The van der Waals surface area contributed by atoms with Crippen LogP contribution in [-0.4, -0.2) is 22.2 Å². The molecular weight excluding hydrogens is 328 g/mol. The van der Waals surface area contributed by atoms with Crippen LogP contribution in [-0.2, 0) is 9.59 Å². The van der Waals surface area contributed by atoms with Crippen LogP contribution in [0.3, 0.4) is 0 Å². The molecule has 144 valence electrons. The predicted octanol–water partition coefficient (Wildman–Crippen LogP) is 4.60. The fraction of sp³-hybridized carbons (Fsp3) is 0.818. The van der Waals surface area contributed by atoms with Gasteiger partial charge in [0.05, 0.1) is 6.42 Å². The number of aliphatic carboxylic acids is 2. The molecule has 0 heterocycles.